The Hall–Kier alpha value is -0.930. The lowest BCUT2D eigenvalue weighted by Crippen LogP contribution is -2.42. The Morgan fingerprint density at radius 1 is 1.48 bits per heavy atom. The number of rotatable bonds is 6. The summed E-state index contributed by atoms with van der Waals surface area (Å²) in [5.74, 6) is 0. The van der Waals surface area contributed by atoms with Gasteiger partial charge in [-0.1, -0.05) is 18.5 Å². The largest absolute Gasteiger partial charge is 0.315 e. The predicted molar refractivity (Wildman–Crippen MR) is 90.8 cm³/mol. The van der Waals surface area contributed by atoms with Crippen LogP contribution in [0.1, 0.15) is 19.8 Å². The number of nitrogens with zero attached hydrogens (tertiary/aromatic N) is 2. The van der Waals surface area contributed by atoms with Crippen LogP contribution in [0.4, 0.5) is 5.69 Å². The van der Waals surface area contributed by atoms with Crippen molar-refractivity contribution in [2.24, 2.45) is 0 Å². The molecule has 7 nitrogen and oxygen atoms in total. The third-order valence-electron chi connectivity index (χ3n) is 3.59. The molecular weight excluding hydrogens is 365 g/mol. The minimum Gasteiger partial charge on any atom is -0.315 e. The lowest BCUT2D eigenvalue weighted by atomic mass is 10.2. The number of nitro benzene ring substituents is 1. The second-order valence-corrected chi connectivity index (χ2v) is 7.43. The minimum absolute atomic E-state index is 0. The molecule has 0 aromatic heterocycles. The van der Waals surface area contributed by atoms with Crippen LogP contribution in [0.2, 0.25) is 5.02 Å². The van der Waals surface area contributed by atoms with Crippen molar-refractivity contribution in [3.8, 4) is 0 Å². The molecular formula is C13H19Cl2N3O4S. The van der Waals surface area contributed by atoms with Gasteiger partial charge in [-0.2, -0.15) is 4.31 Å². The molecule has 23 heavy (non-hydrogen) atoms. The van der Waals surface area contributed by atoms with Gasteiger partial charge in [0.25, 0.3) is 5.69 Å². The average Bonchev–Trinajstić information content (AvgIpc) is 2.97. The fourth-order valence-electron chi connectivity index (χ4n) is 2.58. The second kappa shape index (κ2) is 8.25. The van der Waals surface area contributed by atoms with E-state index in [1.54, 1.807) is 0 Å². The molecule has 1 fully saturated rings. The van der Waals surface area contributed by atoms with Crippen LogP contribution in [0, 0.1) is 10.1 Å². The fraction of sp³-hybridized carbons (Fsp3) is 0.538. The fourth-order valence-corrected chi connectivity index (χ4v) is 4.74. The number of halogens is 2. The Kier molecular flexibility index (Phi) is 7.22. The lowest BCUT2D eigenvalue weighted by Gasteiger charge is -2.27. The Morgan fingerprint density at radius 2 is 2.17 bits per heavy atom. The molecule has 0 bridgehead atoms. The molecule has 1 heterocycles. The number of nitro groups is 1. The zero-order chi connectivity index (χ0) is 16.3. The molecule has 1 aliphatic rings. The number of benzene rings is 1. The van der Waals surface area contributed by atoms with E-state index in [-0.39, 0.29) is 28.4 Å². The summed E-state index contributed by atoms with van der Waals surface area (Å²) in [5, 5.41) is 14.4. The minimum atomic E-state index is -3.98. The first kappa shape index (κ1) is 20.1. The standard InChI is InChI=1S/C13H18ClN3O4S.ClH/c1-2-7-16(11-5-6-15-9-11)22(20,21)13-8-10(14)3-4-12(13)17(18)19;/h3-4,8,11,15H,2,5-7,9H2,1H3;1H. The molecule has 1 saturated heterocycles. The number of sulfonamides is 1. The molecule has 1 aromatic carbocycles. The van der Waals surface area contributed by atoms with Gasteiger partial charge in [-0.05, 0) is 31.5 Å². The van der Waals surface area contributed by atoms with E-state index in [2.05, 4.69) is 5.32 Å². The van der Waals surface area contributed by atoms with Gasteiger partial charge in [-0.3, -0.25) is 10.1 Å². The van der Waals surface area contributed by atoms with Crippen LogP contribution in [-0.4, -0.2) is 43.3 Å². The molecule has 1 aliphatic heterocycles. The van der Waals surface area contributed by atoms with Crippen molar-refractivity contribution >= 4 is 39.7 Å². The highest BCUT2D eigenvalue weighted by molar-refractivity contribution is 7.89. The van der Waals surface area contributed by atoms with E-state index in [9.17, 15) is 18.5 Å². The number of hydrogen-bond acceptors (Lipinski definition) is 5. The molecule has 1 aromatic rings. The molecule has 1 unspecified atom stereocenters. The molecule has 0 amide bonds. The third kappa shape index (κ3) is 4.33. The Balaban J connectivity index is 0.00000264. The van der Waals surface area contributed by atoms with Crippen LogP contribution < -0.4 is 5.32 Å². The summed E-state index contributed by atoms with van der Waals surface area (Å²) >= 11 is 5.85. The maximum atomic E-state index is 12.9. The van der Waals surface area contributed by atoms with Crippen LogP contribution in [0.15, 0.2) is 23.1 Å². The van der Waals surface area contributed by atoms with E-state index in [4.69, 9.17) is 11.6 Å². The van der Waals surface area contributed by atoms with E-state index < -0.39 is 20.6 Å². The highest BCUT2D eigenvalue weighted by Gasteiger charge is 2.36. The van der Waals surface area contributed by atoms with E-state index >= 15 is 0 Å². The maximum absolute atomic E-state index is 12.9. The summed E-state index contributed by atoms with van der Waals surface area (Å²) in [6.45, 7) is 3.47. The van der Waals surface area contributed by atoms with E-state index in [0.717, 1.165) is 18.7 Å². The van der Waals surface area contributed by atoms with Gasteiger partial charge >= 0.3 is 0 Å². The van der Waals surface area contributed by atoms with Gasteiger partial charge in [0.05, 0.1) is 4.92 Å². The highest BCUT2D eigenvalue weighted by Crippen LogP contribution is 2.31. The average molecular weight is 384 g/mol. The molecule has 1 atom stereocenters. The summed E-state index contributed by atoms with van der Waals surface area (Å²) in [5.41, 5.74) is -0.448. The molecule has 0 aliphatic carbocycles. The first-order valence-corrected chi connectivity index (χ1v) is 8.86. The van der Waals surface area contributed by atoms with Crippen molar-refractivity contribution in [1.82, 2.24) is 9.62 Å². The van der Waals surface area contributed by atoms with E-state index in [0.29, 0.717) is 25.9 Å². The quantitative estimate of drug-likeness (QED) is 0.601. The molecule has 0 radical (unpaired) electrons. The van der Waals surface area contributed by atoms with Crippen molar-refractivity contribution in [3.05, 3.63) is 33.3 Å². The van der Waals surface area contributed by atoms with Crippen molar-refractivity contribution in [2.45, 2.75) is 30.7 Å². The first-order chi connectivity index (χ1) is 10.4. The van der Waals surface area contributed by atoms with Crippen molar-refractivity contribution in [1.29, 1.82) is 0 Å². The highest BCUT2D eigenvalue weighted by atomic mass is 35.5. The van der Waals surface area contributed by atoms with Gasteiger partial charge in [0.15, 0.2) is 4.90 Å². The van der Waals surface area contributed by atoms with Crippen LogP contribution >= 0.6 is 24.0 Å². The lowest BCUT2D eigenvalue weighted by molar-refractivity contribution is -0.387. The first-order valence-electron chi connectivity index (χ1n) is 7.04. The number of nitrogens with one attached hydrogen (secondary N) is 1. The summed E-state index contributed by atoms with van der Waals surface area (Å²) in [6, 6.07) is 3.41. The Bertz CT molecular complexity index is 663. The summed E-state index contributed by atoms with van der Waals surface area (Å²) in [7, 11) is -3.98. The molecule has 0 spiro atoms. The van der Waals surface area contributed by atoms with Gasteiger partial charge in [-0.15, -0.1) is 12.4 Å². The van der Waals surface area contributed by atoms with Crippen molar-refractivity contribution in [2.75, 3.05) is 19.6 Å². The summed E-state index contributed by atoms with van der Waals surface area (Å²) in [4.78, 5) is 10.1. The smallest absolute Gasteiger partial charge is 0.289 e. The zero-order valence-corrected chi connectivity index (χ0v) is 15.0. The molecule has 1 N–H and O–H groups in total. The number of hydrogen-bond donors (Lipinski definition) is 1. The van der Waals surface area contributed by atoms with Crippen LogP contribution in [0.5, 0.6) is 0 Å². The van der Waals surface area contributed by atoms with Gasteiger partial charge in [-0.25, -0.2) is 8.42 Å². The topological polar surface area (TPSA) is 92.6 Å². The van der Waals surface area contributed by atoms with E-state index in [1.165, 1.54) is 10.4 Å². The van der Waals surface area contributed by atoms with Gasteiger partial charge in [0.2, 0.25) is 10.0 Å². The van der Waals surface area contributed by atoms with Gasteiger partial charge < -0.3 is 5.32 Å². The zero-order valence-electron chi connectivity index (χ0n) is 12.6. The van der Waals surface area contributed by atoms with Crippen molar-refractivity contribution < 1.29 is 13.3 Å². The van der Waals surface area contributed by atoms with Crippen LogP contribution in [0.3, 0.4) is 0 Å². The van der Waals surface area contributed by atoms with Gasteiger partial charge in [0, 0.05) is 30.2 Å². The van der Waals surface area contributed by atoms with Crippen molar-refractivity contribution in [3.63, 3.8) is 0 Å². The maximum Gasteiger partial charge on any atom is 0.289 e. The summed E-state index contributed by atoms with van der Waals surface area (Å²) in [6.07, 6.45) is 1.32. The second-order valence-electron chi connectivity index (χ2n) is 5.13. The normalized spacial score (nSPS) is 18.0. The molecule has 10 heteroatoms. The van der Waals surface area contributed by atoms with Crippen LogP contribution in [0.25, 0.3) is 0 Å². The molecule has 0 saturated carbocycles. The molecule has 2 rings (SSSR count). The summed E-state index contributed by atoms with van der Waals surface area (Å²) < 4.78 is 27.2. The predicted octanol–water partition coefficient (Wildman–Crippen LogP) is 2.43. The van der Waals surface area contributed by atoms with Gasteiger partial charge in [0.1, 0.15) is 0 Å². The SMILES string of the molecule is CCCN(C1CCNC1)S(=O)(=O)c1cc(Cl)ccc1[N+](=O)[O-].Cl. The monoisotopic (exact) mass is 383 g/mol. The Labute approximate surface area is 146 Å². The van der Waals surface area contributed by atoms with E-state index in [1.807, 2.05) is 6.92 Å². The molecule has 130 valence electrons. The Morgan fingerprint density at radius 3 is 2.70 bits per heavy atom. The third-order valence-corrected chi connectivity index (χ3v) is 5.81. The van der Waals surface area contributed by atoms with Crippen LogP contribution in [-0.2, 0) is 10.0 Å².